The Labute approximate surface area is 86.2 Å². The molecule has 6 heteroatoms. The van der Waals surface area contributed by atoms with E-state index in [9.17, 15) is 4.79 Å². The molecule has 3 N–H and O–H groups in total. The lowest BCUT2D eigenvalue weighted by molar-refractivity contribution is 0.0947. The van der Waals surface area contributed by atoms with Crippen molar-refractivity contribution in [3.63, 3.8) is 0 Å². The van der Waals surface area contributed by atoms with E-state index < -0.39 is 0 Å². The van der Waals surface area contributed by atoms with Crippen molar-refractivity contribution in [2.24, 2.45) is 0 Å². The fourth-order valence-corrected chi connectivity index (χ4v) is 1.52. The lowest BCUT2D eigenvalue weighted by Gasteiger charge is -2.00. The largest absolute Gasteiger partial charge is 0.396 e. The van der Waals surface area contributed by atoms with E-state index in [-0.39, 0.29) is 12.5 Å². The van der Waals surface area contributed by atoms with E-state index in [0.29, 0.717) is 18.7 Å². The molecular formula is C8H13N3O2S. The van der Waals surface area contributed by atoms with Crippen LogP contribution in [0.25, 0.3) is 0 Å². The number of hydrogen-bond donors (Lipinski definition) is 3. The van der Waals surface area contributed by atoms with Gasteiger partial charge in [-0.2, -0.15) is 0 Å². The monoisotopic (exact) mass is 215 g/mol. The topological polar surface area (TPSA) is 74.2 Å². The lowest BCUT2D eigenvalue weighted by Crippen LogP contribution is -2.25. The van der Waals surface area contributed by atoms with Crippen LogP contribution in [0.5, 0.6) is 0 Å². The summed E-state index contributed by atoms with van der Waals surface area (Å²) >= 11 is 1.38. The molecular weight excluding hydrogens is 202 g/mol. The van der Waals surface area contributed by atoms with Gasteiger partial charge in [0.1, 0.15) is 5.69 Å². The van der Waals surface area contributed by atoms with Gasteiger partial charge in [0.2, 0.25) is 0 Å². The van der Waals surface area contributed by atoms with Crippen molar-refractivity contribution in [2.75, 3.05) is 25.5 Å². The Kier molecular flexibility index (Phi) is 4.34. The fourth-order valence-electron chi connectivity index (χ4n) is 0.864. The molecule has 0 saturated heterocycles. The zero-order valence-corrected chi connectivity index (χ0v) is 8.73. The quantitative estimate of drug-likeness (QED) is 0.617. The number of carbonyl (C=O) groups excluding carboxylic acids is 1. The van der Waals surface area contributed by atoms with Gasteiger partial charge >= 0.3 is 0 Å². The summed E-state index contributed by atoms with van der Waals surface area (Å²) < 4.78 is 0. The van der Waals surface area contributed by atoms with Crippen LogP contribution in [0.3, 0.4) is 0 Å². The van der Waals surface area contributed by atoms with Gasteiger partial charge in [0.15, 0.2) is 5.13 Å². The van der Waals surface area contributed by atoms with Crippen molar-refractivity contribution in [1.82, 2.24) is 10.3 Å². The predicted molar refractivity (Wildman–Crippen MR) is 55.7 cm³/mol. The molecule has 0 aliphatic heterocycles. The number of carbonyl (C=O) groups is 1. The maximum absolute atomic E-state index is 11.4. The number of amides is 1. The summed E-state index contributed by atoms with van der Waals surface area (Å²) in [6.45, 7) is 0.556. The highest BCUT2D eigenvalue weighted by Crippen LogP contribution is 2.13. The van der Waals surface area contributed by atoms with E-state index >= 15 is 0 Å². The number of nitrogens with zero attached hydrogens (tertiary/aromatic N) is 1. The molecule has 0 spiro atoms. The molecule has 1 aromatic heterocycles. The number of anilines is 1. The summed E-state index contributed by atoms with van der Waals surface area (Å²) in [5.41, 5.74) is 0.414. The summed E-state index contributed by atoms with van der Waals surface area (Å²) in [7, 11) is 1.76. The van der Waals surface area contributed by atoms with Crippen LogP contribution in [0.4, 0.5) is 5.13 Å². The predicted octanol–water partition coefficient (Wildman–Crippen LogP) is 0.297. The molecule has 0 fully saturated rings. The van der Waals surface area contributed by atoms with Gasteiger partial charge in [-0.25, -0.2) is 4.98 Å². The Morgan fingerprint density at radius 1 is 1.71 bits per heavy atom. The summed E-state index contributed by atoms with van der Waals surface area (Å²) in [5, 5.41) is 16.4. The molecule has 0 atom stereocenters. The van der Waals surface area contributed by atoms with Gasteiger partial charge in [0.05, 0.1) is 0 Å². The average Bonchev–Trinajstić information content (AvgIpc) is 2.66. The smallest absolute Gasteiger partial charge is 0.270 e. The molecule has 0 saturated carbocycles. The molecule has 1 rings (SSSR count). The van der Waals surface area contributed by atoms with Crippen molar-refractivity contribution in [3.8, 4) is 0 Å². The van der Waals surface area contributed by atoms with Gasteiger partial charge in [0.25, 0.3) is 5.91 Å². The zero-order chi connectivity index (χ0) is 10.4. The molecule has 0 bridgehead atoms. The van der Waals surface area contributed by atoms with Crippen molar-refractivity contribution < 1.29 is 9.90 Å². The van der Waals surface area contributed by atoms with Crippen LogP contribution in [0.15, 0.2) is 5.38 Å². The highest BCUT2D eigenvalue weighted by molar-refractivity contribution is 7.13. The molecule has 0 aliphatic rings. The van der Waals surface area contributed by atoms with E-state index in [0.717, 1.165) is 5.13 Å². The van der Waals surface area contributed by atoms with Crippen molar-refractivity contribution in [2.45, 2.75) is 6.42 Å². The van der Waals surface area contributed by atoms with Crippen molar-refractivity contribution in [3.05, 3.63) is 11.1 Å². The van der Waals surface area contributed by atoms with Gasteiger partial charge < -0.3 is 15.7 Å². The van der Waals surface area contributed by atoms with Crippen molar-refractivity contribution in [1.29, 1.82) is 0 Å². The number of rotatable bonds is 5. The van der Waals surface area contributed by atoms with Crippen molar-refractivity contribution >= 4 is 22.4 Å². The molecule has 1 amide bonds. The third-order valence-electron chi connectivity index (χ3n) is 1.57. The molecule has 0 aromatic carbocycles. The lowest BCUT2D eigenvalue weighted by atomic mass is 10.4. The number of thiazole rings is 1. The number of hydrogen-bond acceptors (Lipinski definition) is 5. The van der Waals surface area contributed by atoms with Gasteiger partial charge in [-0.05, 0) is 6.42 Å². The Bertz CT molecular complexity index is 301. The summed E-state index contributed by atoms with van der Waals surface area (Å²) in [4.78, 5) is 15.4. The van der Waals surface area contributed by atoms with E-state index in [4.69, 9.17) is 5.11 Å². The van der Waals surface area contributed by atoms with E-state index in [2.05, 4.69) is 15.6 Å². The van der Waals surface area contributed by atoms with Crippen LogP contribution in [-0.2, 0) is 0 Å². The first-order chi connectivity index (χ1) is 6.77. The standard InChI is InChI=1S/C8H13N3O2S/c1-9-8-11-6(5-14-8)7(13)10-3-2-4-12/h5,12H,2-4H2,1H3,(H,9,11)(H,10,13). The zero-order valence-electron chi connectivity index (χ0n) is 7.91. The second kappa shape index (κ2) is 5.56. The molecule has 5 nitrogen and oxygen atoms in total. The molecule has 78 valence electrons. The van der Waals surface area contributed by atoms with Crippen LogP contribution in [0.1, 0.15) is 16.9 Å². The molecule has 1 aromatic rings. The highest BCUT2D eigenvalue weighted by atomic mass is 32.1. The summed E-state index contributed by atoms with van der Waals surface area (Å²) in [6, 6.07) is 0. The number of aliphatic hydroxyl groups excluding tert-OH is 1. The molecule has 0 radical (unpaired) electrons. The molecule has 0 aliphatic carbocycles. The highest BCUT2D eigenvalue weighted by Gasteiger charge is 2.08. The van der Waals surface area contributed by atoms with Crippen LogP contribution in [0.2, 0.25) is 0 Å². The fraction of sp³-hybridized carbons (Fsp3) is 0.500. The van der Waals surface area contributed by atoms with E-state index in [1.165, 1.54) is 11.3 Å². The summed E-state index contributed by atoms with van der Waals surface area (Å²) in [6.07, 6.45) is 0.564. The van der Waals surface area contributed by atoms with E-state index in [1.807, 2.05) is 0 Å². The van der Waals surface area contributed by atoms with Gasteiger partial charge in [-0.3, -0.25) is 4.79 Å². The maximum atomic E-state index is 11.4. The minimum Gasteiger partial charge on any atom is -0.396 e. The Morgan fingerprint density at radius 2 is 2.50 bits per heavy atom. The average molecular weight is 215 g/mol. The second-order valence-corrected chi connectivity index (χ2v) is 3.48. The summed E-state index contributed by atoms with van der Waals surface area (Å²) in [5.74, 6) is -0.198. The third-order valence-corrected chi connectivity index (χ3v) is 2.43. The van der Waals surface area contributed by atoms with Gasteiger partial charge in [-0.15, -0.1) is 11.3 Å². The van der Waals surface area contributed by atoms with Crippen LogP contribution in [-0.4, -0.2) is 36.2 Å². The maximum Gasteiger partial charge on any atom is 0.270 e. The first-order valence-electron chi connectivity index (χ1n) is 4.30. The second-order valence-electron chi connectivity index (χ2n) is 2.62. The number of aromatic nitrogens is 1. The normalized spacial score (nSPS) is 9.86. The SMILES string of the molecule is CNc1nc(C(=O)NCCCO)cs1. The van der Waals surface area contributed by atoms with Gasteiger partial charge in [-0.1, -0.05) is 0 Å². The third kappa shape index (κ3) is 2.97. The molecule has 1 heterocycles. The number of nitrogens with one attached hydrogen (secondary N) is 2. The first kappa shape index (κ1) is 10.9. The Hall–Kier alpha value is -1.14. The molecule has 0 unspecified atom stereocenters. The van der Waals surface area contributed by atoms with E-state index in [1.54, 1.807) is 12.4 Å². The minimum atomic E-state index is -0.198. The first-order valence-corrected chi connectivity index (χ1v) is 5.18. The van der Waals surface area contributed by atoms with Gasteiger partial charge in [0, 0.05) is 25.6 Å². The molecule has 14 heavy (non-hydrogen) atoms. The minimum absolute atomic E-state index is 0.0825. The van der Waals surface area contributed by atoms with Crippen LogP contribution >= 0.6 is 11.3 Å². The van der Waals surface area contributed by atoms with Crippen LogP contribution < -0.4 is 10.6 Å². The number of aliphatic hydroxyl groups is 1. The van der Waals surface area contributed by atoms with Crippen LogP contribution in [0, 0.1) is 0 Å². The Morgan fingerprint density at radius 3 is 3.07 bits per heavy atom. The Balaban J connectivity index is 2.44.